The highest BCUT2D eigenvalue weighted by Gasteiger charge is 2.09. The number of hydrogen-bond acceptors (Lipinski definition) is 6. The summed E-state index contributed by atoms with van der Waals surface area (Å²) < 4.78 is 1.81. The van der Waals surface area contributed by atoms with Gasteiger partial charge in [-0.05, 0) is 18.2 Å². The molecule has 0 aromatic carbocycles. The van der Waals surface area contributed by atoms with Gasteiger partial charge in [-0.2, -0.15) is 0 Å². The van der Waals surface area contributed by atoms with Crippen molar-refractivity contribution in [3.05, 3.63) is 64.2 Å². The van der Waals surface area contributed by atoms with Crippen molar-refractivity contribution in [3.8, 4) is 5.82 Å². The summed E-state index contributed by atoms with van der Waals surface area (Å²) in [6.07, 6.45) is 6.91. The molecule has 0 aliphatic heterocycles. The van der Waals surface area contributed by atoms with Crippen molar-refractivity contribution in [3.63, 3.8) is 0 Å². The van der Waals surface area contributed by atoms with Crippen molar-refractivity contribution in [2.75, 3.05) is 5.32 Å². The fourth-order valence-electron chi connectivity index (χ4n) is 1.79. The van der Waals surface area contributed by atoms with Crippen LogP contribution < -0.4 is 5.32 Å². The molecule has 0 saturated heterocycles. The maximum Gasteiger partial charge on any atom is 0.324 e. The number of pyridine rings is 1. The van der Waals surface area contributed by atoms with E-state index in [1.54, 1.807) is 24.8 Å². The standard InChI is InChI=1S/C13H11N5O2S/c19-18(20)13-4-2-11(21-13)8-15-10-1-3-12(16-7-10)17-6-5-14-9-17/h1-7,9,15H,8H2. The number of nitrogens with zero attached hydrogens (tertiary/aromatic N) is 4. The summed E-state index contributed by atoms with van der Waals surface area (Å²) in [7, 11) is 0. The lowest BCUT2D eigenvalue weighted by molar-refractivity contribution is -0.380. The van der Waals surface area contributed by atoms with Crippen LogP contribution in [0.2, 0.25) is 0 Å². The molecular weight excluding hydrogens is 290 g/mol. The van der Waals surface area contributed by atoms with Crippen LogP contribution in [0.1, 0.15) is 4.88 Å². The maximum absolute atomic E-state index is 10.6. The molecule has 0 spiro atoms. The van der Waals surface area contributed by atoms with Gasteiger partial charge >= 0.3 is 5.00 Å². The highest BCUT2D eigenvalue weighted by atomic mass is 32.1. The SMILES string of the molecule is O=[N+]([O-])c1ccc(CNc2ccc(-n3ccnc3)nc2)s1. The molecule has 0 bridgehead atoms. The van der Waals surface area contributed by atoms with Crippen molar-refractivity contribution < 1.29 is 4.92 Å². The van der Waals surface area contributed by atoms with E-state index in [-0.39, 0.29) is 9.92 Å². The Morgan fingerprint density at radius 3 is 2.86 bits per heavy atom. The van der Waals surface area contributed by atoms with Gasteiger partial charge in [-0.15, -0.1) is 0 Å². The smallest absolute Gasteiger partial charge is 0.324 e. The Morgan fingerprint density at radius 1 is 1.33 bits per heavy atom. The number of thiophene rings is 1. The van der Waals surface area contributed by atoms with Crippen molar-refractivity contribution in [2.45, 2.75) is 6.54 Å². The molecule has 21 heavy (non-hydrogen) atoms. The van der Waals surface area contributed by atoms with E-state index in [0.29, 0.717) is 6.54 Å². The minimum atomic E-state index is -0.379. The second-order valence-electron chi connectivity index (χ2n) is 4.23. The summed E-state index contributed by atoms with van der Waals surface area (Å²) in [5.74, 6) is 0.782. The van der Waals surface area contributed by atoms with E-state index in [1.807, 2.05) is 22.9 Å². The molecule has 8 heteroatoms. The van der Waals surface area contributed by atoms with Crippen molar-refractivity contribution in [1.29, 1.82) is 0 Å². The first-order chi connectivity index (χ1) is 10.2. The molecule has 0 aliphatic rings. The Labute approximate surface area is 124 Å². The first kappa shape index (κ1) is 13.3. The summed E-state index contributed by atoms with van der Waals surface area (Å²) in [5.41, 5.74) is 0.856. The zero-order valence-electron chi connectivity index (χ0n) is 10.8. The molecule has 3 rings (SSSR count). The van der Waals surface area contributed by atoms with Gasteiger partial charge in [-0.1, -0.05) is 11.3 Å². The average molecular weight is 301 g/mol. The second kappa shape index (κ2) is 5.71. The molecule has 3 aromatic heterocycles. The third-order valence-corrected chi connectivity index (χ3v) is 3.85. The van der Waals surface area contributed by atoms with Crippen LogP contribution in [-0.2, 0) is 6.54 Å². The van der Waals surface area contributed by atoms with E-state index in [9.17, 15) is 10.1 Å². The third kappa shape index (κ3) is 3.06. The van der Waals surface area contributed by atoms with E-state index in [0.717, 1.165) is 16.4 Å². The average Bonchev–Trinajstić information content (AvgIpc) is 3.17. The topological polar surface area (TPSA) is 85.9 Å². The monoisotopic (exact) mass is 301 g/mol. The minimum Gasteiger partial charge on any atom is -0.379 e. The molecule has 0 atom stereocenters. The summed E-state index contributed by atoms with van der Waals surface area (Å²) in [5, 5.41) is 14.0. The molecule has 7 nitrogen and oxygen atoms in total. The molecular formula is C13H11N5O2S. The van der Waals surface area contributed by atoms with Crippen LogP contribution in [0.15, 0.2) is 49.2 Å². The van der Waals surface area contributed by atoms with Gasteiger partial charge in [-0.25, -0.2) is 9.97 Å². The van der Waals surface area contributed by atoms with Crippen LogP contribution in [0.5, 0.6) is 0 Å². The molecule has 0 unspecified atom stereocenters. The second-order valence-corrected chi connectivity index (χ2v) is 5.37. The van der Waals surface area contributed by atoms with Gasteiger partial charge in [0.05, 0.1) is 16.8 Å². The quantitative estimate of drug-likeness (QED) is 0.578. The minimum absolute atomic E-state index is 0.153. The summed E-state index contributed by atoms with van der Waals surface area (Å²) >= 11 is 1.17. The van der Waals surface area contributed by atoms with E-state index in [2.05, 4.69) is 15.3 Å². The Bertz CT molecular complexity index is 736. The lowest BCUT2D eigenvalue weighted by Gasteiger charge is -2.05. The molecule has 3 aromatic rings. The molecule has 106 valence electrons. The number of aromatic nitrogens is 3. The van der Waals surface area contributed by atoms with Gasteiger partial charge in [0.25, 0.3) is 0 Å². The van der Waals surface area contributed by atoms with Crippen LogP contribution in [-0.4, -0.2) is 19.5 Å². The number of hydrogen-bond donors (Lipinski definition) is 1. The van der Waals surface area contributed by atoms with Crippen LogP contribution in [0, 0.1) is 10.1 Å². The van der Waals surface area contributed by atoms with Gasteiger partial charge in [0.2, 0.25) is 0 Å². The largest absolute Gasteiger partial charge is 0.379 e. The highest BCUT2D eigenvalue weighted by molar-refractivity contribution is 7.15. The summed E-state index contributed by atoms with van der Waals surface area (Å²) in [4.78, 5) is 19.4. The zero-order chi connectivity index (χ0) is 14.7. The first-order valence-corrected chi connectivity index (χ1v) is 6.95. The fourth-order valence-corrected chi connectivity index (χ4v) is 2.55. The number of nitro groups is 1. The zero-order valence-corrected chi connectivity index (χ0v) is 11.7. The van der Waals surface area contributed by atoms with Crippen molar-refractivity contribution in [2.24, 2.45) is 0 Å². The van der Waals surface area contributed by atoms with E-state index < -0.39 is 0 Å². The van der Waals surface area contributed by atoms with Crippen molar-refractivity contribution in [1.82, 2.24) is 14.5 Å². The van der Waals surface area contributed by atoms with Gasteiger partial charge in [0, 0.05) is 29.9 Å². The van der Waals surface area contributed by atoms with Crippen LogP contribution in [0.3, 0.4) is 0 Å². The molecule has 0 saturated carbocycles. The molecule has 1 N–H and O–H groups in total. The predicted octanol–water partition coefficient (Wildman–Crippen LogP) is 2.85. The summed E-state index contributed by atoms with van der Waals surface area (Å²) in [6.45, 7) is 0.532. The van der Waals surface area contributed by atoms with Crippen LogP contribution >= 0.6 is 11.3 Å². The van der Waals surface area contributed by atoms with Crippen molar-refractivity contribution >= 4 is 22.0 Å². The van der Waals surface area contributed by atoms with Crippen LogP contribution in [0.4, 0.5) is 10.7 Å². The number of imidazole rings is 1. The van der Waals surface area contributed by atoms with Crippen LogP contribution in [0.25, 0.3) is 5.82 Å². The van der Waals surface area contributed by atoms with Gasteiger partial charge in [0.15, 0.2) is 0 Å². The Morgan fingerprint density at radius 2 is 2.24 bits per heavy atom. The maximum atomic E-state index is 10.6. The Balaban J connectivity index is 1.64. The van der Waals surface area contributed by atoms with E-state index in [1.165, 1.54) is 17.4 Å². The lowest BCUT2D eigenvalue weighted by Crippen LogP contribution is -1.99. The summed E-state index contributed by atoms with van der Waals surface area (Å²) in [6, 6.07) is 7.05. The number of anilines is 1. The van der Waals surface area contributed by atoms with Gasteiger partial charge < -0.3 is 5.32 Å². The fraction of sp³-hybridized carbons (Fsp3) is 0.0769. The lowest BCUT2D eigenvalue weighted by atomic mass is 10.4. The molecule has 3 heterocycles. The van der Waals surface area contributed by atoms with E-state index >= 15 is 0 Å². The normalized spacial score (nSPS) is 10.5. The molecule has 0 fully saturated rings. The van der Waals surface area contributed by atoms with Gasteiger partial charge in [-0.3, -0.25) is 14.7 Å². The highest BCUT2D eigenvalue weighted by Crippen LogP contribution is 2.24. The molecule has 0 amide bonds. The van der Waals surface area contributed by atoms with E-state index in [4.69, 9.17) is 0 Å². The molecule has 0 radical (unpaired) electrons. The first-order valence-electron chi connectivity index (χ1n) is 6.14. The molecule has 0 aliphatic carbocycles. The number of nitrogens with one attached hydrogen (secondary N) is 1. The number of rotatable bonds is 5. The Hall–Kier alpha value is -2.74. The Kier molecular flexibility index (Phi) is 3.61. The predicted molar refractivity (Wildman–Crippen MR) is 79.7 cm³/mol. The third-order valence-electron chi connectivity index (χ3n) is 2.81. The van der Waals surface area contributed by atoms with Gasteiger partial charge in [0.1, 0.15) is 12.1 Å².